The van der Waals surface area contributed by atoms with Crippen LogP contribution in [0.25, 0.3) is 11.0 Å². The Morgan fingerprint density at radius 1 is 1.03 bits per heavy atom. The van der Waals surface area contributed by atoms with Crippen LogP contribution in [0.15, 0.2) is 70.5 Å². The first-order valence-electron chi connectivity index (χ1n) is 9.90. The van der Waals surface area contributed by atoms with Crippen LogP contribution in [-0.4, -0.2) is 32.1 Å². The van der Waals surface area contributed by atoms with E-state index in [1.54, 1.807) is 48.7 Å². The summed E-state index contributed by atoms with van der Waals surface area (Å²) in [5.41, 5.74) is 1.21. The van der Waals surface area contributed by atoms with Crippen molar-refractivity contribution in [1.82, 2.24) is 19.1 Å². The molecule has 3 heterocycles. The fraction of sp³-hybridized carbons (Fsp3) is 0.174. The number of pyridine rings is 2. The predicted octanol–water partition coefficient (Wildman–Crippen LogP) is 1.96. The van der Waals surface area contributed by atoms with Gasteiger partial charge in [0.25, 0.3) is 5.56 Å². The van der Waals surface area contributed by atoms with Crippen LogP contribution in [-0.2, 0) is 17.9 Å². The van der Waals surface area contributed by atoms with Gasteiger partial charge in [-0.05, 0) is 48.9 Å². The average molecular weight is 431 g/mol. The van der Waals surface area contributed by atoms with Crippen molar-refractivity contribution in [3.8, 4) is 5.75 Å². The SMILES string of the molecule is COc1ccc(C)cc1NC(=O)Cn1c(=O)n(Cc2ccccn2)c(=O)c2ncccc21. The summed E-state index contributed by atoms with van der Waals surface area (Å²) in [6.07, 6.45) is 3.06. The third-order valence-electron chi connectivity index (χ3n) is 4.96. The highest BCUT2D eigenvalue weighted by atomic mass is 16.5. The summed E-state index contributed by atoms with van der Waals surface area (Å²) in [6.45, 7) is 1.56. The number of amides is 1. The minimum atomic E-state index is -0.618. The Morgan fingerprint density at radius 2 is 1.84 bits per heavy atom. The summed E-state index contributed by atoms with van der Waals surface area (Å²) in [7, 11) is 1.51. The van der Waals surface area contributed by atoms with Crippen molar-refractivity contribution >= 4 is 22.6 Å². The van der Waals surface area contributed by atoms with E-state index < -0.39 is 17.2 Å². The van der Waals surface area contributed by atoms with Gasteiger partial charge >= 0.3 is 5.69 Å². The smallest absolute Gasteiger partial charge is 0.332 e. The first-order valence-corrected chi connectivity index (χ1v) is 9.90. The molecule has 0 atom stereocenters. The van der Waals surface area contributed by atoms with Crippen molar-refractivity contribution in [3.05, 3.63) is 93.0 Å². The molecule has 1 amide bonds. The number of hydrogen-bond donors (Lipinski definition) is 1. The quantitative estimate of drug-likeness (QED) is 0.500. The average Bonchev–Trinajstić information content (AvgIpc) is 2.80. The molecule has 0 aliphatic carbocycles. The third kappa shape index (κ3) is 4.13. The molecule has 0 saturated carbocycles. The molecule has 1 aromatic carbocycles. The van der Waals surface area contributed by atoms with Crippen LogP contribution in [0.3, 0.4) is 0 Å². The standard InChI is InChI=1S/C23H21N5O4/c1-15-8-9-19(32-2)17(12-15)26-20(29)14-27-18-7-5-11-25-21(18)22(30)28(23(27)31)13-16-6-3-4-10-24-16/h3-12H,13-14H2,1-2H3,(H,26,29). The molecular weight excluding hydrogens is 410 g/mol. The van der Waals surface area contributed by atoms with Crippen LogP contribution in [0.2, 0.25) is 0 Å². The van der Waals surface area contributed by atoms with Crippen LogP contribution in [0.4, 0.5) is 5.69 Å². The molecule has 0 spiro atoms. The van der Waals surface area contributed by atoms with Gasteiger partial charge in [-0.1, -0.05) is 12.1 Å². The number of ether oxygens (including phenoxy) is 1. The molecule has 1 N–H and O–H groups in total. The van der Waals surface area contributed by atoms with Gasteiger partial charge < -0.3 is 10.1 Å². The Balaban J connectivity index is 1.75. The predicted molar refractivity (Wildman–Crippen MR) is 120 cm³/mol. The van der Waals surface area contributed by atoms with E-state index in [0.29, 0.717) is 17.1 Å². The maximum Gasteiger partial charge on any atom is 0.332 e. The molecule has 3 aromatic heterocycles. The van der Waals surface area contributed by atoms with Gasteiger partial charge in [0.05, 0.1) is 30.6 Å². The van der Waals surface area contributed by atoms with Crippen molar-refractivity contribution in [3.63, 3.8) is 0 Å². The Bertz CT molecular complexity index is 1410. The number of carbonyl (C=O) groups is 1. The lowest BCUT2D eigenvalue weighted by Crippen LogP contribution is -2.42. The van der Waals surface area contributed by atoms with Crippen LogP contribution in [0.1, 0.15) is 11.3 Å². The first-order chi connectivity index (χ1) is 15.5. The zero-order valence-corrected chi connectivity index (χ0v) is 17.6. The van der Waals surface area contributed by atoms with E-state index in [1.165, 1.54) is 17.9 Å². The van der Waals surface area contributed by atoms with E-state index in [0.717, 1.165) is 10.1 Å². The van der Waals surface area contributed by atoms with Crippen LogP contribution in [0, 0.1) is 6.92 Å². The Hall–Kier alpha value is -4.27. The van der Waals surface area contributed by atoms with Gasteiger partial charge in [0.15, 0.2) is 5.52 Å². The van der Waals surface area contributed by atoms with Gasteiger partial charge in [-0.25, -0.2) is 9.78 Å². The van der Waals surface area contributed by atoms with E-state index in [2.05, 4.69) is 15.3 Å². The largest absolute Gasteiger partial charge is 0.495 e. The molecule has 0 radical (unpaired) electrons. The fourth-order valence-electron chi connectivity index (χ4n) is 3.44. The second-order valence-electron chi connectivity index (χ2n) is 7.20. The molecular formula is C23H21N5O4. The van der Waals surface area contributed by atoms with Gasteiger partial charge in [0.1, 0.15) is 12.3 Å². The normalized spacial score (nSPS) is 10.8. The van der Waals surface area contributed by atoms with Crippen molar-refractivity contribution in [2.24, 2.45) is 0 Å². The topological polar surface area (TPSA) is 108 Å². The van der Waals surface area contributed by atoms with Gasteiger partial charge in [-0.2, -0.15) is 0 Å². The highest BCUT2D eigenvalue weighted by Gasteiger charge is 2.17. The summed E-state index contributed by atoms with van der Waals surface area (Å²) in [5, 5.41) is 2.78. The molecule has 0 aliphatic rings. The van der Waals surface area contributed by atoms with Crippen molar-refractivity contribution in [2.75, 3.05) is 12.4 Å². The number of methoxy groups -OCH3 is 1. The van der Waals surface area contributed by atoms with Gasteiger partial charge in [-0.15, -0.1) is 0 Å². The van der Waals surface area contributed by atoms with Crippen LogP contribution < -0.4 is 21.3 Å². The van der Waals surface area contributed by atoms with Crippen molar-refractivity contribution in [2.45, 2.75) is 20.0 Å². The summed E-state index contributed by atoms with van der Waals surface area (Å²) < 4.78 is 7.58. The number of anilines is 1. The minimum Gasteiger partial charge on any atom is -0.495 e. The zero-order valence-electron chi connectivity index (χ0n) is 17.6. The first kappa shape index (κ1) is 21.0. The summed E-state index contributed by atoms with van der Waals surface area (Å²) in [5.74, 6) is 0.0622. The lowest BCUT2D eigenvalue weighted by atomic mass is 10.2. The molecule has 4 rings (SSSR count). The number of hydrogen-bond acceptors (Lipinski definition) is 6. The minimum absolute atomic E-state index is 0.0294. The molecule has 32 heavy (non-hydrogen) atoms. The van der Waals surface area contributed by atoms with Gasteiger partial charge in [0.2, 0.25) is 5.91 Å². The van der Waals surface area contributed by atoms with Gasteiger partial charge in [0, 0.05) is 12.4 Å². The highest BCUT2D eigenvalue weighted by molar-refractivity contribution is 5.93. The highest BCUT2D eigenvalue weighted by Crippen LogP contribution is 2.25. The van der Waals surface area contributed by atoms with E-state index >= 15 is 0 Å². The van der Waals surface area contributed by atoms with Crippen molar-refractivity contribution in [1.29, 1.82) is 0 Å². The number of fused-ring (bicyclic) bond motifs is 1. The van der Waals surface area contributed by atoms with E-state index in [1.807, 2.05) is 13.0 Å². The second kappa shape index (κ2) is 8.84. The maximum absolute atomic E-state index is 13.2. The molecule has 4 aromatic rings. The van der Waals surface area contributed by atoms with E-state index in [4.69, 9.17) is 4.74 Å². The number of nitrogens with zero attached hydrogens (tertiary/aromatic N) is 4. The lowest BCUT2D eigenvalue weighted by Gasteiger charge is -2.15. The lowest BCUT2D eigenvalue weighted by molar-refractivity contribution is -0.116. The maximum atomic E-state index is 13.2. The Labute approximate surface area is 182 Å². The summed E-state index contributed by atoms with van der Waals surface area (Å²) in [6, 6.07) is 13.8. The monoisotopic (exact) mass is 431 g/mol. The Kier molecular flexibility index (Phi) is 5.80. The number of aromatic nitrogens is 4. The number of benzene rings is 1. The molecule has 162 valence electrons. The van der Waals surface area contributed by atoms with Crippen LogP contribution >= 0.6 is 0 Å². The molecule has 9 nitrogen and oxygen atoms in total. The van der Waals surface area contributed by atoms with Gasteiger partial charge in [-0.3, -0.25) is 23.7 Å². The summed E-state index contributed by atoms with van der Waals surface area (Å²) >= 11 is 0. The molecule has 0 bridgehead atoms. The number of rotatable bonds is 6. The van der Waals surface area contributed by atoms with E-state index in [9.17, 15) is 14.4 Å². The number of carbonyl (C=O) groups excluding carboxylic acids is 1. The molecule has 9 heteroatoms. The third-order valence-corrected chi connectivity index (χ3v) is 4.96. The number of nitrogens with one attached hydrogen (secondary N) is 1. The Morgan fingerprint density at radius 3 is 2.59 bits per heavy atom. The summed E-state index contributed by atoms with van der Waals surface area (Å²) in [4.78, 5) is 47.4. The molecule has 0 fully saturated rings. The second-order valence-corrected chi connectivity index (χ2v) is 7.20. The molecule has 0 saturated heterocycles. The molecule has 0 unspecified atom stereocenters. The van der Waals surface area contributed by atoms with Crippen molar-refractivity contribution < 1.29 is 9.53 Å². The fourth-order valence-corrected chi connectivity index (χ4v) is 3.44. The zero-order chi connectivity index (χ0) is 22.7. The van der Waals surface area contributed by atoms with Crippen LogP contribution in [0.5, 0.6) is 5.75 Å². The number of aryl methyl sites for hydroxylation is 1. The molecule has 0 aliphatic heterocycles. The van der Waals surface area contributed by atoms with E-state index in [-0.39, 0.29) is 24.1 Å².